The molecule has 4 nitrogen and oxygen atoms in total. The van der Waals surface area contributed by atoms with Gasteiger partial charge in [0.1, 0.15) is 6.07 Å². The lowest BCUT2D eigenvalue weighted by Crippen LogP contribution is -2.13. The predicted molar refractivity (Wildman–Crippen MR) is 128 cm³/mol. The number of benzene rings is 3. The Morgan fingerprint density at radius 1 is 0.875 bits per heavy atom. The van der Waals surface area contributed by atoms with Crippen molar-refractivity contribution in [1.82, 2.24) is 4.98 Å². The summed E-state index contributed by atoms with van der Waals surface area (Å²) >= 11 is 0. The minimum absolute atomic E-state index is 0.302. The topological polar surface area (TPSA) is 65.8 Å². The van der Waals surface area contributed by atoms with Gasteiger partial charge in [0.15, 0.2) is 0 Å². The van der Waals surface area contributed by atoms with Gasteiger partial charge in [-0.3, -0.25) is 9.78 Å². The van der Waals surface area contributed by atoms with Crippen molar-refractivity contribution in [3.05, 3.63) is 108 Å². The van der Waals surface area contributed by atoms with Crippen molar-refractivity contribution in [3.63, 3.8) is 0 Å². The number of pyridine rings is 1. The molecule has 0 aliphatic carbocycles. The molecule has 0 fully saturated rings. The zero-order valence-corrected chi connectivity index (χ0v) is 17.9. The van der Waals surface area contributed by atoms with Gasteiger partial charge < -0.3 is 5.32 Å². The molecule has 0 aliphatic heterocycles. The Labute approximate surface area is 188 Å². The van der Waals surface area contributed by atoms with E-state index in [9.17, 15) is 10.1 Å². The first kappa shape index (κ1) is 21.0. The summed E-state index contributed by atoms with van der Waals surface area (Å²) in [4.78, 5) is 17.3. The van der Waals surface area contributed by atoms with Crippen molar-refractivity contribution in [2.75, 3.05) is 5.32 Å². The minimum Gasteiger partial charge on any atom is -0.321 e. The van der Waals surface area contributed by atoms with E-state index in [0.717, 1.165) is 35.1 Å². The summed E-state index contributed by atoms with van der Waals surface area (Å²) in [6.45, 7) is 2.16. The molecular formula is C28H23N3O. The number of nitrogens with one attached hydrogen (secondary N) is 1. The molecule has 4 heteroatoms. The maximum absolute atomic E-state index is 13.0. The van der Waals surface area contributed by atoms with Crippen LogP contribution in [0.4, 0.5) is 5.69 Å². The first-order valence-corrected chi connectivity index (χ1v) is 10.6. The molecule has 1 N–H and O–H groups in total. The fourth-order valence-electron chi connectivity index (χ4n) is 3.62. The highest BCUT2D eigenvalue weighted by Gasteiger charge is 2.12. The van der Waals surface area contributed by atoms with Crippen LogP contribution in [0.5, 0.6) is 0 Å². The summed E-state index contributed by atoms with van der Waals surface area (Å²) in [6, 6.07) is 27.6. The van der Waals surface area contributed by atoms with E-state index in [1.54, 1.807) is 12.3 Å². The van der Waals surface area contributed by atoms with E-state index < -0.39 is 0 Å². The Morgan fingerprint density at radius 3 is 2.31 bits per heavy atom. The Morgan fingerprint density at radius 2 is 1.59 bits per heavy atom. The second kappa shape index (κ2) is 9.72. The zero-order chi connectivity index (χ0) is 22.3. The van der Waals surface area contributed by atoms with Crippen LogP contribution in [0, 0.1) is 11.3 Å². The summed E-state index contributed by atoms with van der Waals surface area (Å²) in [7, 11) is 0. The van der Waals surface area contributed by atoms with Crippen molar-refractivity contribution in [2.45, 2.75) is 19.8 Å². The molecule has 0 saturated heterocycles. The number of hydrogen-bond acceptors (Lipinski definition) is 3. The van der Waals surface area contributed by atoms with Crippen LogP contribution in [-0.4, -0.2) is 10.9 Å². The number of nitriles is 1. The molecule has 0 aliphatic rings. The number of amides is 1. The van der Waals surface area contributed by atoms with Crippen molar-refractivity contribution in [3.8, 4) is 28.3 Å². The van der Waals surface area contributed by atoms with Gasteiger partial charge in [0.2, 0.25) is 0 Å². The number of carbonyl (C=O) groups excluding carboxylic acids is 1. The molecule has 0 atom stereocenters. The first-order chi connectivity index (χ1) is 15.7. The van der Waals surface area contributed by atoms with Gasteiger partial charge in [0, 0.05) is 18.0 Å². The number of rotatable bonds is 6. The van der Waals surface area contributed by atoms with Gasteiger partial charge in [-0.1, -0.05) is 74.0 Å². The van der Waals surface area contributed by atoms with Crippen molar-refractivity contribution in [1.29, 1.82) is 5.26 Å². The number of aryl methyl sites for hydroxylation is 1. The van der Waals surface area contributed by atoms with Crippen LogP contribution in [0.15, 0.2) is 91.3 Å². The molecule has 0 bridgehead atoms. The normalized spacial score (nSPS) is 10.4. The number of aromatic nitrogens is 1. The van der Waals surface area contributed by atoms with Crippen LogP contribution >= 0.6 is 0 Å². The summed E-state index contributed by atoms with van der Waals surface area (Å²) in [5.74, 6) is -0.302. The Bertz CT molecular complexity index is 1270. The van der Waals surface area contributed by atoms with E-state index in [2.05, 4.69) is 47.6 Å². The standard InChI is InChI=1S/C28H23N3O/c1-2-6-20-9-11-22(12-10-20)25-15-26(19-30-18-25)28(32)31-27-16-23(13-14-24(27)17-29)21-7-4-3-5-8-21/h3-5,7-16,18-19H,2,6H2,1H3,(H,31,32). The van der Waals surface area contributed by atoms with E-state index in [4.69, 9.17) is 0 Å². The van der Waals surface area contributed by atoms with E-state index in [1.165, 1.54) is 11.8 Å². The van der Waals surface area contributed by atoms with Crippen molar-refractivity contribution < 1.29 is 4.79 Å². The summed E-state index contributed by atoms with van der Waals surface area (Å²) in [5.41, 5.74) is 6.45. The SMILES string of the molecule is CCCc1ccc(-c2cncc(C(=O)Nc3cc(-c4ccccc4)ccc3C#N)c2)cc1. The second-order valence-electron chi connectivity index (χ2n) is 7.60. The highest BCUT2D eigenvalue weighted by atomic mass is 16.1. The molecule has 0 saturated carbocycles. The van der Waals surface area contributed by atoms with Gasteiger partial charge in [-0.25, -0.2) is 0 Å². The Kier molecular flexibility index (Phi) is 6.38. The molecule has 156 valence electrons. The highest BCUT2D eigenvalue weighted by molar-refractivity contribution is 6.05. The second-order valence-corrected chi connectivity index (χ2v) is 7.60. The Balaban J connectivity index is 1.59. The molecular weight excluding hydrogens is 394 g/mol. The lowest BCUT2D eigenvalue weighted by atomic mass is 10.0. The molecule has 1 heterocycles. The monoisotopic (exact) mass is 417 g/mol. The minimum atomic E-state index is -0.302. The van der Waals surface area contributed by atoms with Crippen LogP contribution in [0.2, 0.25) is 0 Å². The zero-order valence-electron chi connectivity index (χ0n) is 17.9. The Hall–Kier alpha value is -4.23. The lowest BCUT2D eigenvalue weighted by Gasteiger charge is -2.11. The molecule has 0 radical (unpaired) electrons. The lowest BCUT2D eigenvalue weighted by molar-refractivity contribution is 0.102. The molecule has 32 heavy (non-hydrogen) atoms. The highest BCUT2D eigenvalue weighted by Crippen LogP contribution is 2.26. The predicted octanol–water partition coefficient (Wildman–Crippen LogP) is 6.49. The van der Waals surface area contributed by atoms with E-state index in [-0.39, 0.29) is 5.91 Å². The van der Waals surface area contributed by atoms with Crippen molar-refractivity contribution >= 4 is 11.6 Å². The molecule has 0 spiro atoms. The quantitative estimate of drug-likeness (QED) is 0.390. The number of nitrogens with zero attached hydrogens (tertiary/aromatic N) is 2. The number of anilines is 1. The maximum atomic E-state index is 13.0. The van der Waals surface area contributed by atoms with Gasteiger partial charge in [-0.15, -0.1) is 0 Å². The molecule has 4 aromatic rings. The molecule has 3 aromatic carbocycles. The third-order valence-electron chi connectivity index (χ3n) is 5.32. The molecule has 1 aromatic heterocycles. The smallest absolute Gasteiger partial charge is 0.257 e. The maximum Gasteiger partial charge on any atom is 0.257 e. The number of carbonyl (C=O) groups is 1. The van der Waals surface area contributed by atoms with E-state index in [0.29, 0.717) is 16.8 Å². The van der Waals surface area contributed by atoms with Crippen LogP contribution in [0.25, 0.3) is 22.3 Å². The van der Waals surface area contributed by atoms with Gasteiger partial charge in [-0.2, -0.15) is 5.26 Å². The van der Waals surface area contributed by atoms with Gasteiger partial charge in [0.05, 0.1) is 16.8 Å². The molecule has 1 amide bonds. The van der Waals surface area contributed by atoms with Crippen LogP contribution < -0.4 is 5.32 Å². The first-order valence-electron chi connectivity index (χ1n) is 10.6. The summed E-state index contributed by atoms with van der Waals surface area (Å²) in [6.07, 6.45) is 5.44. The largest absolute Gasteiger partial charge is 0.321 e. The van der Waals surface area contributed by atoms with Gasteiger partial charge in [-0.05, 0) is 46.9 Å². The summed E-state index contributed by atoms with van der Waals surface area (Å²) in [5, 5.41) is 12.4. The molecule has 4 rings (SSSR count). The third-order valence-corrected chi connectivity index (χ3v) is 5.32. The average molecular weight is 418 g/mol. The average Bonchev–Trinajstić information content (AvgIpc) is 2.85. The van der Waals surface area contributed by atoms with Gasteiger partial charge in [0.25, 0.3) is 5.91 Å². The third kappa shape index (κ3) is 4.74. The van der Waals surface area contributed by atoms with Crippen LogP contribution in [0.3, 0.4) is 0 Å². The van der Waals surface area contributed by atoms with E-state index in [1.807, 2.05) is 48.5 Å². The number of hydrogen-bond donors (Lipinski definition) is 1. The summed E-state index contributed by atoms with van der Waals surface area (Å²) < 4.78 is 0. The fourth-order valence-corrected chi connectivity index (χ4v) is 3.62. The van der Waals surface area contributed by atoms with Gasteiger partial charge >= 0.3 is 0 Å². The van der Waals surface area contributed by atoms with Crippen LogP contribution in [-0.2, 0) is 6.42 Å². The van der Waals surface area contributed by atoms with Crippen LogP contribution in [0.1, 0.15) is 34.8 Å². The van der Waals surface area contributed by atoms with Crippen molar-refractivity contribution in [2.24, 2.45) is 0 Å². The van der Waals surface area contributed by atoms with E-state index >= 15 is 0 Å². The molecule has 0 unspecified atom stereocenters. The fraction of sp³-hybridized carbons (Fsp3) is 0.107.